The zero-order valence-corrected chi connectivity index (χ0v) is 10.8. The second kappa shape index (κ2) is 4.97. The van der Waals surface area contributed by atoms with Crippen molar-refractivity contribution >= 4 is 21.8 Å². The van der Waals surface area contributed by atoms with E-state index in [0.717, 1.165) is 29.7 Å². The van der Waals surface area contributed by atoms with E-state index in [1.165, 1.54) is 0 Å². The fourth-order valence-electron chi connectivity index (χ4n) is 1.82. The average Bonchev–Trinajstić information content (AvgIpc) is 2.23. The second-order valence-corrected chi connectivity index (χ2v) is 4.83. The van der Waals surface area contributed by atoms with Crippen LogP contribution in [0.25, 0.3) is 0 Å². The summed E-state index contributed by atoms with van der Waals surface area (Å²) in [6.07, 6.45) is 0. The zero-order valence-electron chi connectivity index (χ0n) is 9.24. The first-order chi connectivity index (χ1) is 7.72. The molecular weight excluding hydrogens is 268 g/mol. The Balaban J connectivity index is 2.12. The number of rotatable bonds is 3. The molecule has 16 heavy (non-hydrogen) atoms. The molecule has 1 heterocycles. The van der Waals surface area contributed by atoms with Gasteiger partial charge >= 0.3 is 0 Å². The fourth-order valence-corrected chi connectivity index (χ4v) is 2.08. The van der Waals surface area contributed by atoms with E-state index >= 15 is 0 Å². The van der Waals surface area contributed by atoms with E-state index in [-0.39, 0.29) is 5.91 Å². The summed E-state index contributed by atoms with van der Waals surface area (Å²) in [4.78, 5) is 14.1. The molecule has 0 aliphatic carbocycles. The number of hydrogen-bond acceptors (Lipinski definition) is 2. The van der Waals surface area contributed by atoms with Gasteiger partial charge in [0.05, 0.1) is 6.04 Å². The molecule has 0 unspecified atom stereocenters. The van der Waals surface area contributed by atoms with Gasteiger partial charge in [0.2, 0.25) is 0 Å². The van der Waals surface area contributed by atoms with Crippen LogP contribution in [0, 0.1) is 0 Å². The number of hydrogen-bond donors (Lipinski definition) is 1. The molecule has 1 aromatic carbocycles. The van der Waals surface area contributed by atoms with Gasteiger partial charge in [0.15, 0.2) is 0 Å². The molecule has 1 fully saturated rings. The van der Waals surface area contributed by atoms with Crippen molar-refractivity contribution in [2.75, 3.05) is 19.6 Å². The lowest BCUT2D eigenvalue weighted by atomic mass is 10.1. The number of likely N-dealkylation sites (N-methyl/N-ethyl adjacent to an activating group) is 1. The zero-order chi connectivity index (χ0) is 11.5. The van der Waals surface area contributed by atoms with Gasteiger partial charge in [-0.05, 0) is 31.2 Å². The van der Waals surface area contributed by atoms with Gasteiger partial charge in [-0.1, -0.05) is 15.9 Å². The highest BCUT2D eigenvalue weighted by atomic mass is 79.9. The van der Waals surface area contributed by atoms with Crippen molar-refractivity contribution in [3.63, 3.8) is 0 Å². The fraction of sp³-hybridized carbons (Fsp3) is 0.417. The molecule has 1 aliphatic rings. The molecule has 1 N–H and O–H groups in total. The van der Waals surface area contributed by atoms with Crippen molar-refractivity contribution in [3.05, 3.63) is 34.3 Å². The Kier molecular flexibility index (Phi) is 3.61. The van der Waals surface area contributed by atoms with Crippen LogP contribution >= 0.6 is 15.9 Å². The van der Waals surface area contributed by atoms with E-state index in [0.29, 0.717) is 6.04 Å². The van der Waals surface area contributed by atoms with E-state index in [1.807, 2.05) is 36.1 Å². The molecule has 0 aromatic heterocycles. The first-order valence-corrected chi connectivity index (χ1v) is 6.29. The van der Waals surface area contributed by atoms with Gasteiger partial charge in [-0.15, -0.1) is 0 Å². The van der Waals surface area contributed by atoms with Crippen molar-refractivity contribution in [3.8, 4) is 0 Å². The minimum Gasteiger partial charge on any atom is -0.333 e. The molecule has 3 nitrogen and oxygen atoms in total. The minimum atomic E-state index is 0.126. The molecule has 86 valence electrons. The lowest BCUT2D eigenvalue weighted by Crippen LogP contribution is -2.58. The van der Waals surface area contributed by atoms with Gasteiger partial charge in [0.25, 0.3) is 5.91 Å². The van der Waals surface area contributed by atoms with Crippen LogP contribution in [0.2, 0.25) is 0 Å². The maximum Gasteiger partial charge on any atom is 0.254 e. The van der Waals surface area contributed by atoms with Crippen molar-refractivity contribution in [2.24, 2.45) is 0 Å². The number of nitrogens with zero attached hydrogens (tertiary/aromatic N) is 1. The predicted octanol–water partition coefficient (Wildman–Crippen LogP) is 1.88. The Labute approximate surface area is 104 Å². The molecule has 0 radical (unpaired) electrons. The Morgan fingerprint density at radius 1 is 1.44 bits per heavy atom. The maximum atomic E-state index is 12.2. The third-order valence-electron chi connectivity index (χ3n) is 2.89. The average molecular weight is 283 g/mol. The van der Waals surface area contributed by atoms with Gasteiger partial charge < -0.3 is 10.2 Å². The van der Waals surface area contributed by atoms with Crippen LogP contribution < -0.4 is 5.32 Å². The molecule has 1 aliphatic heterocycles. The molecule has 1 saturated heterocycles. The van der Waals surface area contributed by atoms with Gasteiger partial charge in [0, 0.05) is 29.7 Å². The SMILES string of the molecule is CCN(C(=O)c1ccc(Br)cc1)C1CNC1. The number of halogens is 1. The molecule has 0 atom stereocenters. The van der Waals surface area contributed by atoms with Gasteiger partial charge in [-0.3, -0.25) is 4.79 Å². The standard InChI is InChI=1S/C12H15BrN2O/c1-2-15(11-7-14-8-11)12(16)9-3-5-10(13)6-4-9/h3-6,11,14H,2,7-8H2,1H3. The topological polar surface area (TPSA) is 32.3 Å². The van der Waals surface area contributed by atoms with Gasteiger partial charge in [0.1, 0.15) is 0 Å². The predicted molar refractivity (Wildman–Crippen MR) is 67.5 cm³/mol. The van der Waals surface area contributed by atoms with Crippen LogP contribution in [-0.2, 0) is 0 Å². The summed E-state index contributed by atoms with van der Waals surface area (Å²) in [5.41, 5.74) is 0.761. The summed E-state index contributed by atoms with van der Waals surface area (Å²) in [6.45, 7) is 4.61. The molecule has 2 rings (SSSR count). The first kappa shape index (κ1) is 11.6. The minimum absolute atomic E-state index is 0.126. The van der Waals surface area contributed by atoms with Gasteiger partial charge in [-0.2, -0.15) is 0 Å². The number of carbonyl (C=O) groups excluding carboxylic acids is 1. The highest BCUT2D eigenvalue weighted by molar-refractivity contribution is 9.10. The third-order valence-corrected chi connectivity index (χ3v) is 3.42. The largest absolute Gasteiger partial charge is 0.333 e. The van der Waals surface area contributed by atoms with E-state index in [9.17, 15) is 4.79 Å². The molecule has 0 spiro atoms. The molecule has 1 amide bonds. The highest BCUT2D eigenvalue weighted by Gasteiger charge is 2.27. The summed E-state index contributed by atoms with van der Waals surface area (Å²) in [7, 11) is 0. The number of nitrogens with one attached hydrogen (secondary N) is 1. The molecule has 0 saturated carbocycles. The number of carbonyl (C=O) groups is 1. The van der Waals surface area contributed by atoms with E-state index in [4.69, 9.17) is 0 Å². The normalized spacial score (nSPS) is 15.6. The monoisotopic (exact) mass is 282 g/mol. The van der Waals surface area contributed by atoms with Crippen molar-refractivity contribution in [2.45, 2.75) is 13.0 Å². The highest BCUT2D eigenvalue weighted by Crippen LogP contribution is 2.14. The van der Waals surface area contributed by atoms with Gasteiger partial charge in [-0.25, -0.2) is 0 Å². The second-order valence-electron chi connectivity index (χ2n) is 3.91. The van der Waals surface area contributed by atoms with Crippen LogP contribution in [0.4, 0.5) is 0 Å². The van der Waals surface area contributed by atoms with Crippen LogP contribution in [0.5, 0.6) is 0 Å². The number of amides is 1. The van der Waals surface area contributed by atoms with E-state index in [1.54, 1.807) is 0 Å². The maximum absolute atomic E-state index is 12.2. The lowest BCUT2D eigenvalue weighted by Gasteiger charge is -2.37. The molecule has 1 aromatic rings. The van der Waals surface area contributed by atoms with Crippen LogP contribution in [0.1, 0.15) is 17.3 Å². The van der Waals surface area contributed by atoms with Crippen LogP contribution in [0.15, 0.2) is 28.7 Å². The Hall–Kier alpha value is -0.870. The van der Waals surface area contributed by atoms with Crippen molar-refractivity contribution in [1.29, 1.82) is 0 Å². The van der Waals surface area contributed by atoms with Crippen molar-refractivity contribution in [1.82, 2.24) is 10.2 Å². The summed E-state index contributed by atoms with van der Waals surface area (Å²) < 4.78 is 0.998. The van der Waals surface area contributed by atoms with Crippen LogP contribution in [0.3, 0.4) is 0 Å². The lowest BCUT2D eigenvalue weighted by molar-refractivity contribution is 0.0630. The quantitative estimate of drug-likeness (QED) is 0.918. The molecule has 4 heteroatoms. The van der Waals surface area contributed by atoms with Crippen molar-refractivity contribution < 1.29 is 4.79 Å². The number of benzene rings is 1. The summed E-state index contributed by atoms with van der Waals surface area (Å²) in [5.74, 6) is 0.126. The Morgan fingerprint density at radius 2 is 2.06 bits per heavy atom. The molecule has 0 bridgehead atoms. The Morgan fingerprint density at radius 3 is 2.50 bits per heavy atom. The summed E-state index contributed by atoms with van der Waals surface area (Å²) in [5, 5.41) is 3.19. The summed E-state index contributed by atoms with van der Waals surface area (Å²) >= 11 is 3.37. The molecular formula is C12H15BrN2O. The van der Waals surface area contributed by atoms with E-state index < -0.39 is 0 Å². The van der Waals surface area contributed by atoms with E-state index in [2.05, 4.69) is 21.2 Å². The summed E-state index contributed by atoms with van der Waals surface area (Å²) in [6, 6.07) is 7.89. The smallest absolute Gasteiger partial charge is 0.254 e. The Bertz CT molecular complexity index is 373. The third kappa shape index (κ3) is 2.28. The van der Waals surface area contributed by atoms with Crippen LogP contribution in [-0.4, -0.2) is 36.5 Å². The first-order valence-electron chi connectivity index (χ1n) is 5.49.